The highest BCUT2D eigenvalue weighted by Gasteiger charge is 2.06. The van der Waals surface area contributed by atoms with Crippen LogP contribution in [0, 0.1) is 0 Å². The molecule has 114 valence electrons. The lowest BCUT2D eigenvalue weighted by Crippen LogP contribution is -2.44. The van der Waals surface area contributed by atoms with Crippen LogP contribution >= 0.6 is 0 Å². The van der Waals surface area contributed by atoms with Crippen LogP contribution in [0.25, 0.3) is 0 Å². The van der Waals surface area contributed by atoms with Gasteiger partial charge >= 0.3 is 0 Å². The molecule has 8 heteroatoms. The third-order valence-corrected chi connectivity index (χ3v) is 3.78. The molecule has 0 aliphatic heterocycles. The summed E-state index contributed by atoms with van der Waals surface area (Å²) in [5.41, 5.74) is 0. The Morgan fingerprint density at radius 1 is 1.37 bits per heavy atom. The topological polar surface area (TPSA) is 91.8 Å². The molecule has 7 nitrogen and oxygen atoms in total. The van der Waals surface area contributed by atoms with Crippen molar-refractivity contribution in [2.45, 2.75) is 26.3 Å². The number of hydrogen-bond donors (Lipinski definition) is 3. The molecular weight excluding hydrogens is 268 g/mol. The lowest BCUT2D eigenvalue weighted by Gasteiger charge is -2.17. The van der Waals surface area contributed by atoms with E-state index in [0.29, 0.717) is 32.1 Å². The summed E-state index contributed by atoms with van der Waals surface area (Å²) in [7, 11) is 0.244. The third-order valence-electron chi connectivity index (χ3n) is 2.37. The van der Waals surface area contributed by atoms with Gasteiger partial charge in [-0.05, 0) is 20.3 Å². The number of ether oxygens (including phenoxy) is 1. The van der Waals surface area contributed by atoms with Crippen molar-refractivity contribution in [3.05, 3.63) is 0 Å². The zero-order valence-electron chi connectivity index (χ0n) is 12.2. The molecule has 0 rings (SSSR count). The van der Waals surface area contributed by atoms with E-state index < -0.39 is 10.0 Å². The van der Waals surface area contributed by atoms with Crippen molar-refractivity contribution in [1.82, 2.24) is 15.4 Å². The van der Waals surface area contributed by atoms with Gasteiger partial charge in [-0.25, -0.2) is 13.1 Å². The van der Waals surface area contributed by atoms with Crippen LogP contribution in [0.5, 0.6) is 0 Å². The highest BCUT2D eigenvalue weighted by Crippen LogP contribution is 1.85. The fourth-order valence-corrected chi connectivity index (χ4v) is 2.00. The van der Waals surface area contributed by atoms with E-state index in [4.69, 9.17) is 4.74 Å². The summed E-state index contributed by atoms with van der Waals surface area (Å²) in [5.74, 6) is 0.793. The molecule has 0 saturated carbocycles. The van der Waals surface area contributed by atoms with Crippen LogP contribution in [0.3, 0.4) is 0 Å². The van der Waals surface area contributed by atoms with Gasteiger partial charge in [0, 0.05) is 33.3 Å². The zero-order chi connectivity index (χ0) is 14.7. The monoisotopic (exact) mass is 294 g/mol. The average Bonchev–Trinajstić information content (AvgIpc) is 2.37. The lowest BCUT2D eigenvalue weighted by atomic mass is 10.3. The molecule has 0 aromatic rings. The number of nitrogens with zero attached hydrogens (tertiary/aromatic N) is 1. The summed E-state index contributed by atoms with van der Waals surface area (Å²) < 4.78 is 29.9. The van der Waals surface area contributed by atoms with Crippen LogP contribution in [0.15, 0.2) is 4.99 Å². The normalized spacial score (nSPS) is 14.2. The quantitative estimate of drug-likeness (QED) is 0.303. The van der Waals surface area contributed by atoms with Crippen LogP contribution in [0.4, 0.5) is 0 Å². The summed E-state index contributed by atoms with van der Waals surface area (Å²) in [6.45, 7) is 5.27. The van der Waals surface area contributed by atoms with Crippen molar-refractivity contribution in [2.75, 3.05) is 39.6 Å². The summed E-state index contributed by atoms with van der Waals surface area (Å²) >= 11 is 0. The molecule has 0 saturated heterocycles. The minimum absolute atomic E-state index is 0.109. The molecule has 0 heterocycles. The van der Waals surface area contributed by atoms with Gasteiger partial charge < -0.3 is 15.4 Å². The summed E-state index contributed by atoms with van der Waals surface area (Å²) in [6, 6.07) is 0.162. The molecule has 0 amide bonds. The molecule has 0 aliphatic carbocycles. The van der Waals surface area contributed by atoms with Gasteiger partial charge in [-0.2, -0.15) is 0 Å². The Balaban J connectivity index is 3.80. The second-order valence-electron chi connectivity index (χ2n) is 4.15. The van der Waals surface area contributed by atoms with Crippen LogP contribution in [-0.2, 0) is 14.8 Å². The number of guanidine groups is 1. The Hall–Kier alpha value is -0.860. The largest absolute Gasteiger partial charge is 0.383 e. The highest BCUT2D eigenvalue weighted by atomic mass is 32.2. The molecule has 0 spiro atoms. The molecule has 3 N–H and O–H groups in total. The molecule has 0 bridgehead atoms. The SMILES string of the molecule is CCS(=O)(=O)NCCCNC(=NC)NC(C)COC. The summed E-state index contributed by atoms with van der Waals surface area (Å²) in [4.78, 5) is 4.07. The van der Waals surface area contributed by atoms with Crippen molar-refractivity contribution < 1.29 is 13.2 Å². The van der Waals surface area contributed by atoms with Crippen molar-refractivity contribution in [2.24, 2.45) is 4.99 Å². The maximum Gasteiger partial charge on any atom is 0.211 e. The van der Waals surface area contributed by atoms with Gasteiger partial charge in [0.05, 0.1) is 12.4 Å². The Morgan fingerprint density at radius 3 is 2.58 bits per heavy atom. The number of hydrogen-bond acceptors (Lipinski definition) is 4. The van der Waals surface area contributed by atoms with E-state index in [2.05, 4.69) is 20.3 Å². The van der Waals surface area contributed by atoms with Crippen LogP contribution < -0.4 is 15.4 Å². The van der Waals surface area contributed by atoms with E-state index in [0.717, 1.165) is 0 Å². The zero-order valence-corrected chi connectivity index (χ0v) is 13.0. The van der Waals surface area contributed by atoms with Crippen LogP contribution in [0.2, 0.25) is 0 Å². The van der Waals surface area contributed by atoms with Crippen molar-refractivity contribution in [3.8, 4) is 0 Å². The molecular formula is C11H26N4O3S. The second kappa shape index (κ2) is 9.99. The van der Waals surface area contributed by atoms with Gasteiger partial charge in [0.25, 0.3) is 0 Å². The van der Waals surface area contributed by atoms with Gasteiger partial charge in [-0.3, -0.25) is 4.99 Å². The van der Waals surface area contributed by atoms with E-state index >= 15 is 0 Å². The lowest BCUT2D eigenvalue weighted by molar-refractivity contribution is 0.179. The molecule has 0 aliphatic rings. The van der Waals surface area contributed by atoms with Gasteiger partial charge in [-0.15, -0.1) is 0 Å². The fraction of sp³-hybridized carbons (Fsp3) is 0.909. The van der Waals surface area contributed by atoms with Gasteiger partial charge in [0.2, 0.25) is 10.0 Å². The fourth-order valence-electron chi connectivity index (χ4n) is 1.34. The number of methoxy groups -OCH3 is 1. The van der Waals surface area contributed by atoms with Gasteiger partial charge in [0.1, 0.15) is 0 Å². The first-order chi connectivity index (χ1) is 8.95. The smallest absolute Gasteiger partial charge is 0.211 e. The molecule has 0 aromatic carbocycles. The first-order valence-corrected chi connectivity index (χ1v) is 8.03. The molecule has 1 atom stereocenters. The minimum Gasteiger partial charge on any atom is -0.383 e. The second-order valence-corrected chi connectivity index (χ2v) is 6.25. The van der Waals surface area contributed by atoms with E-state index in [-0.39, 0.29) is 11.8 Å². The standard InChI is InChI=1S/C11H26N4O3S/c1-5-19(16,17)14-8-6-7-13-11(12-3)15-10(2)9-18-4/h10,14H,5-9H2,1-4H3,(H2,12,13,15). The Labute approximate surface area is 116 Å². The molecule has 1 unspecified atom stereocenters. The van der Waals surface area contributed by atoms with Gasteiger partial charge in [0.15, 0.2) is 5.96 Å². The van der Waals surface area contributed by atoms with E-state index in [9.17, 15) is 8.42 Å². The third kappa shape index (κ3) is 9.69. The summed E-state index contributed by atoms with van der Waals surface area (Å²) in [5, 5.41) is 6.27. The Bertz CT molecular complexity index is 357. The highest BCUT2D eigenvalue weighted by molar-refractivity contribution is 7.89. The van der Waals surface area contributed by atoms with Crippen LogP contribution in [0.1, 0.15) is 20.3 Å². The maximum absolute atomic E-state index is 11.2. The number of aliphatic imine (C=N–C) groups is 1. The van der Waals surface area contributed by atoms with Gasteiger partial charge in [-0.1, -0.05) is 0 Å². The number of nitrogens with one attached hydrogen (secondary N) is 3. The molecule has 0 radical (unpaired) electrons. The first kappa shape index (κ1) is 18.1. The predicted octanol–water partition coefficient (Wildman–Crippen LogP) is -0.484. The average molecular weight is 294 g/mol. The van der Waals surface area contributed by atoms with Crippen molar-refractivity contribution >= 4 is 16.0 Å². The molecule has 0 aromatic heterocycles. The van der Waals surface area contributed by atoms with E-state index in [1.807, 2.05) is 6.92 Å². The first-order valence-electron chi connectivity index (χ1n) is 6.38. The molecule has 0 fully saturated rings. The van der Waals surface area contributed by atoms with Crippen LogP contribution in [-0.4, -0.2) is 60.0 Å². The Morgan fingerprint density at radius 2 is 2.05 bits per heavy atom. The van der Waals surface area contributed by atoms with E-state index in [1.54, 1.807) is 21.1 Å². The van der Waals surface area contributed by atoms with Crippen molar-refractivity contribution in [1.29, 1.82) is 0 Å². The predicted molar refractivity (Wildman–Crippen MR) is 77.9 cm³/mol. The number of rotatable bonds is 9. The van der Waals surface area contributed by atoms with E-state index in [1.165, 1.54) is 0 Å². The number of sulfonamides is 1. The van der Waals surface area contributed by atoms with Crippen molar-refractivity contribution in [3.63, 3.8) is 0 Å². The maximum atomic E-state index is 11.2. The molecule has 19 heavy (non-hydrogen) atoms. The summed E-state index contributed by atoms with van der Waals surface area (Å²) in [6.07, 6.45) is 0.693. The Kier molecular flexibility index (Phi) is 9.54. The minimum atomic E-state index is -3.09.